The standard InChI is InChI=1S/C60H49NS/c1-58(2,3)39-24-27-44-45-28-25-41(35-55(45)62-54(44)33-39)61(40-26-29-51-49(34-40)48-31-37-16-8-9-17-38(37)32-52(48)59(51,4)5)53-30-23-36-15-10-11-18-42(36)56(53)47-21-14-20-46-43-19-12-13-22-50(43)60(6,7)57(46)47/h8-35H,1-7H3. The zero-order valence-corrected chi connectivity index (χ0v) is 37.3. The van der Waals surface area contributed by atoms with Crippen molar-refractivity contribution >= 4 is 70.1 Å². The quantitative estimate of drug-likeness (QED) is 0.171. The van der Waals surface area contributed by atoms with E-state index in [4.69, 9.17) is 0 Å². The van der Waals surface area contributed by atoms with Gasteiger partial charge >= 0.3 is 0 Å². The Morgan fingerprint density at radius 3 is 1.84 bits per heavy atom. The van der Waals surface area contributed by atoms with Crippen LogP contribution < -0.4 is 4.90 Å². The number of benzene rings is 9. The summed E-state index contributed by atoms with van der Waals surface area (Å²) in [7, 11) is 0. The van der Waals surface area contributed by atoms with Crippen LogP contribution in [0.4, 0.5) is 17.1 Å². The van der Waals surface area contributed by atoms with Crippen LogP contribution in [0, 0.1) is 0 Å². The molecule has 0 N–H and O–H groups in total. The van der Waals surface area contributed by atoms with Crippen molar-refractivity contribution in [3.63, 3.8) is 0 Å². The van der Waals surface area contributed by atoms with Gasteiger partial charge in [-0.25, -0.2) is 0 Å². The van der Waals surface area contributed by atoms with Crippen molar-refractivity contribution in [2.45, 2.75) is 64.7 Å². The lowest BCUT2D eigenvalue weighted by atomic mass is 9.78. The van der Waals surface area contributed by atoms with Gasteiger partial charge in [-0.2, -0.15) is 0 Å². The van der Waals surface area contributed by atoms with Crippen molar-refractivity contribution in [3.05, 3.63) is 198 Å². The third kappa shape index (κ3) is 5.32. The minimum absolute atomic E-state index is 0.0827. The van der Waals surface area contributed by atoms with E-state index in [1.165, 1.54) is 109 Å². The van der Waals surface area contributed by atoms with E-state index in [-0.39, 0.29) is 16.2 Å². The summed E-state index contributed by atoms with van der Waals surface area (Å²) >= 11 is 1.91. The van der Waals surface area contributed by atoms with Crippen molar-refractivity contribution in [2.24, 2.45) is 0 Å². The van der Waals surface area contributed by atoms with Gasteiger partial charge in [0.1, 0.15) is 0 Å². The van der Waals surface area contributed by atoms with Crippen molar-refractivity contribution in [1.29, 1.82) is 0 Å². The molecule has 0 amide bonds. The highest BCUT2D eigenvalue weighted by atomic mass is 32.1. The Morgan fingerprint density at radius 1 is 0.419 bits per heavy atom. The first-order valence-corrected chi connectivity index (χ1v) is 22.9. The minimum atomic E-state index is -0.185. The Hall–Kier alpha value is -6.48. The average molecular weight is 816 g/mol. The second-order valence-corrected chi connectivity index (χ2v) is 20.8. The molecular weight excluding hydrogens is 767 g/mol. The fraction of sp³-hybridized carbons (Fsp3) is 0.167. The van der Waals surface area contributed by atoms with Crippen molar-refractivity contribution in [3.8, 4) is 33.4 Å². The summed E-state index contributed by atoms with van der Waals surface area (Å²) in [6, 6.07) is 64.9. The van der Waals surface area contributed by atoms with Crippen molar-refractivity contribution < 1.29 is 0 Å². The van der Waals surface area contributed by atoms with Gasteiger partial charge in [-0.15, -0.1) is 11.3 Å². The van der Waals surface area contributed by atoms with Crippen LogP contribution in [-0.2, 0) is 16.2 Å². The van der Waals surface area contributed by atoms with Gasteiger partial charge in [-0.1, -0.05) is 170 Å². The van der Waals surface area contributed by atoms with Gasteiger partial charge < -0.3 is 4.90 Å². The van der Waals surface area contributed by atoms with Crippen molar-refractivity contribution in [1.82, 2.24) is 0 Å². The molecule has 2 aliphatic carbocycles. The second-order valence-electron chi connectivity index (χ2n) is 19.8. The number of hydrogen-bond acceptors (Lipinski definition) is 2. The normalized spacial score (nSPS) is 14.6. The smallest absolute Gasteiger partial charge is 0.0546 e. The predicted octanol–water partition coefficient (Wildman–Crippen LogP) is 17.4. The molecule has 0 aliphatic heterocycles. The predicted molar refractivity (Wildman–Crippen MR) is 268 cm³/mol. The lowest BCUT2D eigenvalue weighted by molar-refractivity contribution is 0.591. The molecule has 1 heterocycles. The molecule has 10 aromatic rings. The van der Waals surface area contributed by atoms with E-state index in [0.29, 0.717) is 0 Å². The molecule has 2 aliphatic rings. The highest BCUT2D eigenvalue weighted by molar-refractivity contribution is 7.25. The van der Waals surface area contributed by atoms with Crippen molar-refractivity contribution in [2.75, 3.05) is 4.90 Å². The Bertz CT molecular complexity index is 3520. The van der Waals surface area contributed by atoms with E-state index in [0.717, 1.165) is 11.4 Å². The lowest BCUT2D eigenvalue weighted by Gasteiger charge is -2.31. The number of rotatable bonds is 4. The maximum absolute atomic E-state index is 2.56. The monoisotopic (exact) mass is 815 g/mol. The van der Waals surface area contributed by atoms with Crippen LogP contribution in [0.1, 0.15) is 76.3 Å². The Kier molecular flexibility index (Phi) is 7.83. The first-order valence-electron chi connectivity index (χ1n) is 22.1. The highest BCUT2D eigenvalue weighted by Gasteiger charge is 2.39. The summed E-state index contributed by atoms with van der Waals surface area (Å²) in [6.07, 6.45) is 0. The van der Waals surface area contributed by atoms with Crippen LogP contribution in [0.15, 0.2) is 170 Å². The number of nitrogens with zero attached hydrogens (tertiary/aromatic N) is 1. The maximum Gasteiger partial charge on any atom is 0.0546 e. The molecule has 12 rings (SSSR count). The van der Waals surface area contributed by atoms with E-state index in [1.54, 1.807) is 0 Å². The minimum Gasteiger partial charge on any atom is -0.310 e. The first kappa shape index (κ1) is 37.3. The molecule has 300 valence electrons. The van der Waals surface area contributed by atoms with Gasteiger partial charge in [0, 0.05) is 47.9 Å². The fourth-order valence-electron chi connectivity index (χ4n) is 11.1. The summed E-state index contributed by atoms with van der Waals surface area (Å²) in [4.78, 5) is 2.56. The van der Waals surface area contributed by atoms with E-state index in [9.17, 15) is 0 Å². The summed E-state index contributed by atoms with van der Waals surface area (Å²) in [6.45, 7) is 16.5. The SMILES string of the molecule is CC(C)(C)c1ccc2c(c1)sc1cc(N(c3ccc4c(c3)-c3cc5ccccc5cc3C4(C)C)c3ccc4ccccc4c3-c3cccc4c3C(C)(C)c3ccccc3-4)ccc12. The van der Waals surface area contributed by atoms with Gasteiger partial charge in [0.25, 0.3) is 0 Å². The molecule has 0 bridgehead atoms. The number of fused-ring (bicyclic) bond motifs is 11. The Balaban J connectivity index is 1.15. The molecule has 62 heavy (non-hydrogen) atoms. The van der Waals surface area contributed by atoms with Crippen LogP contribution in [0.25, 0.3) is 75.1 Å². The van der Waals surface area contributed by atoms with Crippen LogP contribution in [-0.4, -0.2) is 0 Å². The number of thiophene rings is 1. The second kappa shape index (κ2) is 13.0. The van der Waals surface area contributed by atoms with E-state index >= 15 is 0 Å². The molecule has 0 spiro atoms. The van der Waals surface area contributed by atoms with Crippen LogP contribution >= 0.6 is 11.3 Å². The summed E-state index contributed by atoms with van der Waals surface area (Å²) < 4.78 is 2.64. The molecule has 0 unspecified atom stereocenters. The third-order valence-corrected chi connectivity index (χ3v) is 15.5. The van der Waals surface area contributed by atoms with Gasteiger partial charge in [-0.3, -0.25) is 0 Å². The molecule has 0 saturated carbocycles. The van der Waals surface area contributed by atoms with Gasteiger partial charge in [0.15, 0.2) is 0 Å². The van der Waals surface area contributed by atoms with Gasteiger partial charge in [0.2, 0.25) is 0 Å². The highest BCUT2D eigenvalue weighted by Crippen LogP contribution is 2.57. The zero-order chi connectivity index (χ0) is 42.3. The average Bonchev–Trinajstić information content (AvgIpc) is 3.84. The first-order chi connectivity index (χ1) is 29.9. The molecule has 9 aromatic carbocycles. The zero-order valence-electron chi connectivity index (χ0n) is 36.5. The topological polar surface area (TPSA) is 3.24 Å². The largest absolute Gasteiger partial charge is 0.310 e. The summed E-state index contributed by atoms with van der Waals surface area (Å²) in [5.41, 5.74) is 18.0. The molecule has 0 atom stereocenters. The number of hydrogen-bond donors (Lipinski definition) is 0. The molecule has 1 aromatic heterocycles. The summed E-state index contributed by atoms with van der Waals surface area (Å²) in [5.74, 6) is 0. The molecule has 0 radical (unpaired) electrons. The Morgan fingerprint density at radius 2 is 1.03 bits per heavy atom. The maximum atomic E-state index is 2.56. The van der Waals surface area contributed by atoms with Crippen LogP contribution in [0.2, 0.25) is 0 Å². The van der Waals surface area contributed by atoms with Crippen LogP contribution in [0.3, 0.4) is 0 Å². The fourth-order valence-corrected chi connectivity index (χ4v) is 12.3. The van der Waals surface area contributed by atoms with Gasteiger partial charge in [0.05, 0.1) is 5.69 Å². The lowest BCUT2D eigenvalue weighted by Crippen LogP contribution is -2.17. The van der Waals surface area contributed by atoms with E-state index in [2.05, 4.69) is 223 Å². The summed E-state index contributed by atoms with van der Waals surface area (Å²) in [5, 5.41) is 7.70. The molecule has 2 heteroatoms. The molecular formula is C60H49NS. The molecule has 0 fully saturated rings. The number of anilines is 3. The Labute approximate surface area is 368 Å². The molecule has 0 saturated heterocycles. The molecule has 1 nitrogen and oxygen atoms in total. The van der Waals surface area contributed by atoms with E-state index < -0.39 is 0 Å². The third-order valence-electron chi connectivity index (χ3n) is 14.4. The van der Waals surface area contributed by atoms with E-state index in [1.807, 2.05) is 11.3 Å². The van der Waals surface area contributed by atoms with Crippen LogP contribution in [0.5, 0.6) is 0 Å². The van der Waals surface area contributed by atoms with Gasteiger partial charge in [-0.05, 0) is 131 Å².